The standard InChI is InChI=1S/C40H62N2O6/c1-37(2)31-7-11-39(37,5)19-33(31)47-35(45)9-13-41(23-43)21-25-15-28-26-17-27(29(18-26)30(28)16-25)22-42(24-44)14-10-36(46)48-34-20-40(6)12-8-32(34)38(40,3)4/h23-34H,7-22H2,1-6H3. The van der Waals surface area contributed by atoms with Gasteiger partial charge in [-0.25, -0.2) is 0 Å². The van der Waals surface area contributed by atoms with Gasteiger partial charge in [0.15, 0.2) is 0 Å². The van der Waals surface area contributed by atoms with E-state index in [0.717, 1.165) is 64.3 Å². The highest BCUT2D eigenvalue weighted by Crippen LogP contribution is 2.67. The van der Waals surface area contributed by atoms with Crippen molar-refractivity contribution in [3.05, 3.63) is 0 Å². The molecule has 7 aliphatic carbocycles. The van der Waals surface area contributed by atoms with Crippen molar-refractivity contribution in [1.29, 1.82) is 0 Å². The molecule has 0 saturated heterocycles. The van der Waals surface area contributed by atoms with Crippen LogP contribution in [0.15, 0.2) is 0 Å². The van der Waals surface area contributed by atoms with E-state index >= 15 is 0 Å². The van der Waals surface area contributed by atoms with Gasteiger partial charge >= 0.3 is 11.9 Å². The summed E-state index contributed by atoms with van der Waals surface area (Å²) in [5.74, 6) is 4.17. The third-order valence-corrected chi connectivity index (χ3v) is 16.9. The molecule has 0 N–H and O–H groups in total. The fourth-order valence-corrected chi connectivity index (χ4v) is 13.3. The minimum atomic E-state index is -0.167. The lowest BCUT2D eigenvalue weighted by Gasteiger charge is -2.34. The number of rotatable bonds is 14. The summed E-state index contributed by atoms with van der Waals surface area (Å²) < 4.78 is 12.0. The molecular formula is C40H62N2O6. The first kappa shape index (κ1) is 34.3. The minimum Gasteiger partial charge on any atom is -0.462 e. The molecule has 0 spiro atoms. The van der Waals surface area contributed by atoms with Gasteiger partial charge in [-0.3, -0.25) is 19.2 Å². The van der Waals surface area contributed by atoms with E-state index in [9.17, 15) is 19.2 Å². The van der Waals surface area contributed by atoms with Gasteiger partial charge in [0.2, 0.25) is 12.8 Å². The van der Waals surface area contributed by atoms with Crippen LogP contribution in [0.5, 0.6) is 0 Å². The smallest absolute Gasteiger partial charge is 0.307 e. The summed E-state index contributed by atoms with van der Waals surface area (Å²) >= 11 is 0. The van der Waals surface area contributed by atoms with Crippen LogP contribution in [0.25, 0.3) is 0 Å². The Morgan fingerprint density at radius 3 is 1.62 bits per heavy atom. The van der Waals surface area contributed by atoms with Gasteiger partial charge in [-0.15, -0.1) is 0 Å². The van der Waals surface area contributed by atoms with Crippen LogP contribution in [0.3, 0.4) is 0 Å². The third-order valence-electron chi connectivity index (χ3n) is 16.9. The number of nitrogens with zero attached hydrogens (tertiary/aromatic N) is 2. The maximum Gasteiger partial charge on any atom is 0.307 e. The molecule has 0 heterocycles. The van der Waals surface area contributed by atoms with Crippen LogP contribution >= 0.6 is 0 Å². The maximum absolute atomic E-state index is 12.9. The molecule has 7 rings (SSSR count). The molecule has 0 aliphatic heterocycles. The normalized spacial score (nSPS) is 43.7. The monoisotopic (exact) mass is 666 g/mol. The van der Waals surface area contributed by atoms with Crippen LogP contribution in [0.1, 0.15) is 119 Å². The molecule has 12 atom stereocenters. The highest BCUT2D eigenvalue weighted by atomic mass is 16.5. The van der Waals surface area contributed by atoms with Gasteiger partial charge in [-0.2, -0.15) is 0 Å². The quantitative estimate of drug-likeness (QED) is 0.155. The molecule has 8 nitrogen and oxygen atoms in total. The van der Waals surface area contributed by atoms with Crippen LogP contribution in [0, 0.1) is 69.0 Å². The molecule has 7 aliphatic rings. The number of esters is 2. The van der Waals surface area contributed by atoms with E-state index in [2.05, 4.69) is 41.5 Å². The van der Waals surface area contributed by atoms with E-state index in [0.29, 0.717) is 67.0 Å². The van der Waals surface area contributed by atoms with Crippen molar-refractivity contribution in [2.24, 2.45) is 69.0 Å². The number of amides is 2. The largest absolute Gasteiger partial charge is 0.462 e. The average molecular weight is 667 g/mol. The van der Waals surface area contributed by atoms with E-state index in [-0.39, 0.29) is 58.6 Å². The van der Waals surface area contributed by atoms with Crippen LogP contribution < -0.4 is 0 Å². The molecular weight excluding hydrogens is 604 g/mol. The summed E-state index contributed by atoms with van der Waals surface area (Å²) in [6.45, 7) is 16.3. The van der Waals surface area contributed by atoms with Gasteiger partial charge in [-0.1, -0.05) is 41.5 Å². The second-order valence-electron chi connectivity index (χ2n) is 19.3. The highest BCUT2D eigenvalue weighted by Gasteiger charge is 2.63. The summed E-state index contributed by atoms with van der Waals surface area (Å²) in [5.41, 5.74) is 0.911. The summed E-state index contributed by atoms with van der Waals surface area (Å²) in [5, 5.41) is 0. The average Bonchev–Trinajstić information content (AvgIpc) is 3.85. The Labute approximate surface area is 288 Å². The Bertz CT molecular complexity index is 1280. The van der Waals surface area contributed by atoms with Gasteiger partial charge in [0.1, 0.15) is 12.2 Å². The second kappa shape index (κ2) is 12.3. The van der Waals surface area contributed by atoms with Gasteiger partial charge < -0.3 is 19.3 Å². The Kier molecular flexibility index (Phi) is 8.79. The fourth-order valence-electron chi connectivity index (χ4n) is 13.3. The van der Waals surface area contributed by atoms with Crippen LogP contribution in [0.2, 0.25) is 0 Å². The minimum absolute atomic E-state index is 0.0147. The van der Waals surface area contributed by atoms with Crippen molar-refractivity contribution in [3.63, 3.8) is 0 Å². The van der Waals surface area contributed by atoms with E-state index in [1.165, 1.54) is 19.3 Å². The van der Waals surface area contributed by atoms with Gasteiger partial charge in [-0.05, 0) is 121 Å². The molecule has 0 radical (unpaired) electrons. The lowest BCUT2D eigenvalue weighted by Crippen LogP contribution is -2.36. The Hall–Kier alpha value is -2.12. The fraction of sp³-hybridized carbons (Fsp3) is 0.900. The van der Waals surface area contributed by atoms with E-state index < -0.39 is 0 Å². The number of ether oxygens (including phenoxy) is 2. The van der Waals surface area contributed by atoms with Crippen molar-refractivity contribution in [2.75, 3.05) is 26.2 Å². The summed E-state index contributed by atoms with van der Waals surface area (Å²) in [6.07, 6.45) is 13.7. The highest BCUT2D eigenvalue weighted by molar-refractivity contribution is 5.70. The van der Waals surface area contributed by atoms with Crippen molar-refractivity contribution in [1.82, 2.24) is 9.80 Å². The number of carbonyl (C=O) groups excluding carboxylic acids is 4. The van der Waals surface area contributed by atoms with Crippen LogP contribution in [-0.2, 0) is 28.7 Å². The van der Waals surface area contributed by atoms with Gasteiger partial charge in [0.25, 0.3) is 0 Å². The Morgan fingerprint density at radius 1 is 0.667 bits per heavy atom. The van der Waals surface area contributed by atoms with Crippen molar-refractivity contribution < 1.29 is 28.7 Å². The summed E-state index contributed by atoms with van der Waals surface area (Å²) in [7, 11) is 0. The molecule has 0 aromatic carbocycles. The number of fused-ring (bicyclic) bond motifs is 9. The topological polar surface area (TPSA) is 93.2 Å². The SMILES string of the molecule is CC12CCC(C(OC(=O)CCN(C=O)CC3CC4C5CC(CN(C=O)CCC(=O)OC6CC7(C)CCC6C7(C)C)C(C5)C4C3)C1)C2(C)C. The number of hydrogen-bond acceptors (Lipinski definition) is 6. The molecule has 48 heavy (non-hydrogen) atoms. The first-order valence-corrected chi connectivity index (χ1v) is 19.5. The van der Waals surface area contributed by atoms with Crippen molar-refractivity contribution in [3.8, 4) is 0 Å². The van der Waals surface area contributed by atoms with Crippen LogP contribution in [-0.4, -0.2) is 72.9 Å². The molecule has 0 aromatic heterocycles. The molecule has 8 heteroatoms. The lowest BCUT2D eigenvalue weighted by molar-refractivity contribution is -0.154. The molecule has 12 unspecified atom stereocenters. The first-order chi connectivity index (χ1) is 22.7. The molecule has 7 fully saturated rings. The zero-order valence-electron chi connectivity index (χ0n) is 30.6. The third kappa shape index (κ3) is 5.61. The Balaban J connectivity index is 0.838. The molecule has 268 valence electrons. The number of carbonyl (C=O) groups is 4. The Morgan fingerprint density at radius 2 is 1.17 bits per heavy atom. The van der Waals surface area contributed by atoms with Crippen molar-refractivity contribution >= 4 is 24.8 Å². The summed E-state index contributed by atoms with van der Waals surface area (Å²) in [6, 6.07) is 0. The number of hydrogen-bond donors (Lipinski definition) is 0. The predicted molar refractivity (Wildman–Crippen MR) is 182 cm³/mol. The molecule has 7 saturated carbocycles. The second-order valence-corrected chi connectivity index (χ2v) is 19.3. The molecule has 2 amide bonds. The van der Waals surface area contributed by atoms with Crippen molar-refractivity contribution in [2.45, 2.75) is 131 Å². The van der Waals surface area contributed by atoms with E-state index in [4.69, 9.17) is 9.47 Å². The van der Waals surface area contributed by atoms with Gasteiger partial charge in [0.05, 0.1) is 12.8 Å². The first-order valence-electron chi connectivity index (χ1n) is 19.5. The zero-order valence-corrected chi connectivity index (χ0v) is 30.6. The zero-order chi connectivity index (χ0) is 34.2. The lowest BCUT2D eigenvalue weighted by atomic mass is 9.71. The maximum atomic E-state index is 12.9. The van der Waals surface area contributed by atoms with E-state index in [1.54, 1.807) is 0 Å². The van der Waals surface area contributed by atoms with Crippen LogP contribution in [0.4, 0.5) is 0 Å². The van der Waals surface area contributed by atoms with Gasteiger partial charge in [0, 0.05) is 38.0 Å². The van der Waals surface area contributed by atoms with E-state index in [1.807, 2.05) is 9.80 Å². The summed E-state index contributed by atoms with van der Waals surface area (Å²) in [4.78, 5) is 53.5. The molecule has 0 aromatic rings. The predicted octanol–water partition coefficient (Wildman–Crippen LogP) is 6.50. The molecule has 6 bridgehead atoms.